The van der Waals surface area contributed by atoms with Crippen molar-refractivity contribution in [2.45, 2.75) is 25.9 Å². The second-order valence-electron chi connectivity index (χ2n) is 6.18. The third-order valence-corrected chi connectivity index (χ3v) is 4.99. The molecule has 138 valence electrons. The zero-order valence-electron chi connectivity index (χ0n) is 15.0. The molecular weight excluding hydrogens is 358 g/mol. The largest absolute Gasteiger partial charge is 0.348 e. The molecule has 27 heavy (non-hydrogen) atoms. The second-order valence-corrected chi connectivity index (χ2v) is 7.12. The monoisotopic (exact) mass is 379 g/mol. The highest BCUT2D eigenvalue weighted by Gasteiger charge is 2.22. The van der Waals surface area contributed by atoms with E-state index >= 15 is 0 Å². The number of aromatic nitrogens is 1. The van der Waals surface area contributed by atoms with Gasteiger partial charge >= 0.3 is 0 Å². The zero-order valence-corrected chi connectivity index (χ0v) is 15.8. The molecule has 6 heteroatoms. The summed E-state index contributed by atoms with van der Waals surface area (Å²) in [7, 11) is 0. The molecule has 2 N–H and O–H groups in total. The number of rotatable bonds is 7. The van der Waals surface area contributed by atoms with E-state index in [9.17, 15) is 9.59 Å². The molecule has 0 spiro atoms. The Balaban J connectivity index is 1.70. The number of carbonyl (C=O) groups is 2. The van der Waals surface area contributed by atoms with Crippen LogP contribution in [0.3, 0.4) is 0 Å². The van der Waals surface area contributed by atoms with Crippen LogP contribution >= 0.6 is 11.3 Å². The number of hydrogen-bond donors (Lipinski definition) is 2. The Bertz CT molecular complexity index is 894. The standard InChI is InChI=1S/C21H21N3O2S/c1-15-14-27-19(23-15)13-22-21(26)18(12-16-8-4-2-5-9-16)24-20(25)17-10-6-3-7-11-17/h2-11,14,18H,12-13H2,1H3,(H,22,26)(H,24,25). The summed E-state index contributed by atoms with van der Waals surface area (Å²) < 4.78 is 0. The first-order valence-corrected chi connectivity index (χ1v) is 9.58. The van der Waals surface area contributed by atoms with Crippen molar-refractivity contribution in [3.63, 3.8) is 0 Å². The fourth-order valence-electron chi connectivity index (χ4n) is 2.66. The summed E-state index contributed by atoms with van der Waals surface area (Å²) in [5, 5.41) is 8.52. The van der Waals surface area contributed by atoms with Gasteiger partial charge in [-0.25, -0.2) is 4.98 Å². The Morgan fingerprint density at radius 2 is 1.70 bits per heavy atom. The van der Waals surface area contributed by atoms with Gasteiger partial charge in [0.15, 0.2) is 0 Å². The SMILES string of the molecule is Cc1csc(CNC(=O)C(Cc2ccccc2)NC(=O)c2ccccc2)n1. The van der Waals surface area contributed by atoms with Gasteiger partial charge in [-0.2, -0.15) is 0 Å². The molecule has 0 saturated heterocycles. The minimum Gasteiger partial charge on any atom is -0.348 e. The summed E-state index contributed by atoms with van der Waals surface area (Å²) >= 11 is 1.50. The number of thiazole rings is 1. The smallest absolute Gasteiger partial charge is 0.251 e. The van der Waals surface area contributed by atoms with Crippen LogP contribution in [0, 0.1) is 6.92 Å². The van der Waals surface area contributed by atoms with Crippen LogP contribution in [0.1, 0.15) is 26.6 Å². The van der Waals surface area contributed by atoms with Crippen molar-refractivity contribution in [3.8, 4) is 0 Å². The molecule has 2 amide bonds. The molecule has 0 aliphatic rings. The van der Waals surface area contributed by atoms with Crippen LogP contribution in [0.4, 0.5) is 0 Å². The highest BCUT2D eigenvalue weighted by molar-refractivity contribution is 7.09. The molecule has 0 bridgehead atoms. The van der Waals surface area contributed by atoms with Crippen LogP contribution in [0.15, 0.2) is 66.0 Å². The van der Waals surface area contributed by atoms with Crippen molar-refractivity contribution in [1.82, 2.24) is 15.6 Å². The number of hydrogen-bond acceptors (Lipinski definition) is 4. The maximum absolute atomic E-state index is 12.7. The molecule has 1 aromatic heterocycles. The second kappa shape index (κ2) is 9.09. The summed E-state index contributed by atoms with van der Waals surface area (Å²) in [4.78, 5) is 29.6. The summed E-state index contributed by atoms with van der Waals surface area (Å²) in [6.45, 7) is 2.27. The lowest BCUT2D eigenvalue weighted by atomic mass is 10.0. The first-order chi connectivity index (χ1) is 13.1. The van der Waals surface area contributed by atoms with E-state index in [1.165, 1.54) is 11.3 Å². The molecule has 0 aliphatic heterocycles. The molecule has 1 heterocycles. The van der Waals surface area contributed by atoms with Crippen molar-refractivity contribution in [2.75, 3.05) is 0 Å². The third-order valence-electron chi connectivity index (χ3n) is 4.02. The third kappa shape index (κ3) is 5.49. The van der Waals surface area contributed by atoms with Gasteiger partial charge in [-0.1, -0.05) is 48.5 Å². The Morgan fingerprint density at radius 3 is 2.33 bits per heavy atom. The first-order valence-electron chi connectivity index (χ1n) is 8.70. The first kappa shape index (κ1) is 18.8. The Kier molecular flexibility index (Phi) is 6.33. The van der Waals surface area contributed by atoms with Gasteiger partial charge in [0.1, 0.15) is 11.0 Å². The fourth-order valence-corrected chi connectivity index (χ4v) is 3.37. The number of aryl methyl sites for hydroxylation is 1. The van der Waals surface area contributed by atoms with Crippen molar-refractivity contribution < 1.29 is 9.59 Å². The molecule has 0 radical (unpaired) electrons. The maximum atomic E-state index is 12.7. The van der Waals surface area contributed by atoms with E-state index in [-0.39, 0.29) is 11.8 Å². The Hall–Kier alpha value is -2.99. The van der Waals surface area contributed by atoms with Gasteiger partial charge in [0.2, 0.25) is 5.91 Å². The highest BCUT2D eigenvalue weighted by atomic mass is 32.1. The van der Waals surface area contributed by atoms with Crippen molar-refractivity contribution >= 4 is 23.2 Å². The van der Waals surface area contributed by atoms with E-state index in [0.717, 1.165) is 16.3 Å². The summed E-state index contributed by atoms with van der Waals surface area (Å²) in [6.07, 6.45) is 0.419. The molecule has 1 unspecified atom stereocenters. The number of amides is 2. The quantitative estimate of drug-likeness (QED) is 0.663. The van der Waals surface area contributed by atoms with E-state index in [0.29, 0.717) is 18.5 Å². The molecule has 0 aliphatic carbocycles. The zero-order chi connectivity index (χ0) is 19.1. The number of nitrogens with one attached hydrogen (secondary N) is 2. The summed E-state index contributed by atoms with van der Waals surface area (Å²) in [5.74, 6) is -0.493. The van der Waals surface area contributed by atoms with Gasteiger partial charge in [0.25, 0.3) is 5.91 Å². The molecule has 2 aromatic carbocycles. The molecule has 1 atom stereocenters. The molecule has 3 aromatic rings. The van der Waals surface area contributed by atoms with Crippen LogP contribution in [-0.2, 0) is 17.8 Å². The van der Waals surface area contributed by atoms with Crippen molar-refractivity contribution in [2.24, 2.45) is 0 Å². The van der Waals surface area contributed by atoms with Crippen LogP contribution in [0.5, 0.6) is 0 Å². The number of nitrogens with zero attached hydrogens (tertiary/aromatic N) is 1. The van der Waals surface area contributed by atoms with Gasteiger partial charge in [-0.3, -0.25) is 9.59 Å². The predicted molar refractivity (Wildman–Crippen MR) is 107 cm³/mol. The van der Waals surface area contributed by atoms with E-state index in [1.807, 2.05) is 48.7 Å². The lowest BCUT2D eigenvalue weighted by Gasteiger charge is -2.18. The molecule has 3 rings (SSSR count). The molecule has 0 saturated carbocycles. The van der Waals surface area contributed by atoms with Gasteiger partial charge in [0.05, 0.1) is 6.54 Å². The Labute approximate surface area is 162 Å². The minimum absolute atomic E-state index is 0.226. The van der Waals surface area contributed by atoms with Gasteiger partial charge < -0.3 is 10.6 Å². The van der Waals surface area contributed by atoms with Crippen LogP contribution < -0.4 is 10.6 Å². The molecule has 5 nitrogen and oxygen atoms in total. The van der Waals surface area contributed by atoms with E-state index in [2.05, 4.69) is 15.6 Å². The number of benzene rings is 2. The minimum atomic E-state index is -0.666. The van der Waals surface area contributed by atoms with Crippen LogP contribution in [-0.4, -0.2) is 22.8 Å². The van der Waals surface area contributed by atoms with E-state index in [1.54, 1.807) is 24.3 Å². The maximum Gasteiger partial charge on any atom is 0.251 e. The normalized spacial score (nSPS) is 11.6. The summed E-state index contributed by atoms with van der Waals surface area (Å²) in [5.41, 5.74) is 2.44. The van der Waals surface area contributed by atoms with E-state index in [4.69, 9.17) is 0 Å². The van der Waals surface area contributed by atoms with Crippen molar-refractivity contribution in [3.05, 3.63) is 87.9 Å². The summed E-state index contributed by atoms with van der Waals surface area (Å²) in [6, 6.07) is 17.9. The predicted octanol–water partition coefficient (Wildman–Crippen LogP) is 3.11. The van der Waals surface area contributed by atoms with Gasteiger partial charge in [-0.05, 0) is 24.6 Å². The highest BCUT2D eigenvalue weighted by Crippen LogP contribution is 2.09. The van der Waals surface area contributed by atoms with Crippen LogP contribution in [0.2, 0.25) is 0 Å². The number of carbonyl (C=O) groups excluding carboxylic acids is 2. The fraction of sp³-hybridized carbons (Fsp3) is 0.190. The topological polar surface area (TPSA) is 71.1 Å². The Morgan fingerprint density at radius 1 is 1.04 bits per heavy atom. The van der Waals surface area contributed by atoms with Crippen LogP contribution in [0.25, 0.3) is 0 Å². The van der Waals surface area contributed by atoms with Gasteiger partial charge in [0, 0.05) is 23.1 Å². The molecule has 0 fully saturated rings. The lowest BCUT2D eigenvalue weighted by Crippen LogP contribution is -2.47. The van der Waals surface area contributed by atoms with Gasteiger partial charge in [-0.15, -0.1) is 11.3 Å². The average molecular weight is 379 g/mol. The average Bonchev–Trinajstić information content (AvgIpc) is 3.12. The van der Waals surface area contributed by atoms with E-state index < -0.39 is 6.04 Å². The van der Waals surface area contributed by atoms with Crippen molar-refractivity contribution in [1.29, 1.82) is 0 Å². The molecular formula is C21H21N3O2S. The lowest BCUT2D eigenvalue weighted by molar-refractivity contribution is -0.123.